The van der Waals surface area contributed by atoms with Crippen LogP contribution in [0.4, 0.5) is 8.78 Å². The maximum atomic E-state index is 12.8. The van der Waals surface area contributed by atoms with Crippen LogP contribution < -0.4 is 4.74 Å². The Labute approximate surface area is 80.5 Å². The number of aldehydes is 1. The van der Waals surface area contributed by atoms with Gasteiger partial charge in [0.15, 0.2) is 6.29 Å². The van der Waals surface area contributed by atoms with Crippen molar-refractivity contribution < 1.29 is 18.3 Å². The van der Waals surface area contributed by atoms with E-state index in [1.807, 2.05) is 0 Å². The van der Waals surface area contributed by atoms with Gasteiger partial charge in [0.25, 0.3) is 0 Å². The molecule has 0 N–H and O–H groups in total. The smallest absolute Gasteiger partial charge is 0.327 e. The molecule has 0 aliphatic rings. The largest absolute Gasteiger partial charge is 0.494 e. The highest BCUT2D eigenvalue weighted by Gasteiger charge is 2.30. The minimum absolute atomic E-state index is 0.323. The Bertz CT molecular complexity index is 306. The molecule has 0 spiro atoms. The number of hydrogen-bond acceptors (Lipinski definition) is 2. The van der Waals surface area contributed by atoms with E-state index in [-0.39, 0.29) is 11.8 Å². The van der Waals surface area contributed by atoms with Crippen LogP contribution in [0.3, 0.4) is 0 Å². The highest BCUT2D eigenvalue weighted by molar-refractivity contribution is 5.63. The summed E-state index contributed by atoms with van der Waals surface area (Å²) in [5.41, 5.74) is -0.323. The Kier molecular flexibility index (Phi) is 3.17. The lowest BCUT2D eigenvalue weighted by molar-refractivity contribution is -0.130. The van der Waals surface area contributed by atoms with Gasteiger partial charge in [-0.2, -0.15) is 8.78 Å². The van der Waals surface area contributed by atoms with Gasteiger partial charge in [-0.15, -0.1) is 0 Å². The molecule has 0 atom stereocenters. The predicted molar refractivity (Wildman–Crippen MR) is 47.6 cm³/mol. The van der Waals surface area contributed by atoms with E-state index in [0.29, 0.717) is 12.4 Å². The van der Waals surface area contributed by atoms with Crippen LogP contribution in [0.2, 0.25) is 0 Å². The summed E-state index contributed by atoms with van der Waals surface area (Å²) in [4.78, 5) is 10.1. The number of halogens is 2. The Balaban J connectivity index is 2.88. The van der Waals surface area contributed by atoms with E-state index in [4.69, 9.17) is 4.74 Å². The van der Waals surface area contributed by atoms with E-state index in [1.54, 1.807) is 6.92 Å². The van der Waals surface area contributed by atoms with Crippen LogP contribution in [-0.2, 0) is 10.7 Å². The van der Waals surface area contributed by atoms with Gasteiger partial charge < -0.3 is 4.74 Å². The van der Waals surface area contributed by atoms with Gasteiger partial charge in [0, 0.05) is 5.56 Å². The monoisotopic (exact) mass is 200 g/mol. The zero-order valence-electron chi connectivity index (χ0n) is 7.67. The Morgan fingerprint density at radius 1 is 1.36 bits per heavy atom. The van der Waals surface area contributed by atoms with Crippen molar-refractivity contribution in [2.45, 2.75) is 12.8 Å². The molecule has 76 valence electrons. The molecule has 0 amide bonds. The number of benzene rings is 1. The molecule has 0 aliphatic heterocycles. The fraction of sp³-hybridized carbons (Fsp3) is 0.300. The van der Waals surface area contributed by atoms with Gasteiger partial charge in [-0.3, -0.25) is 4.79 Å². The van der Waals surface area contributed by atoms with E-state index in [9.17, 15) is 13.6 Å². The molecule has 4 heteroatoms. The molecule has 1 rings (SSSR count). The van der Waals surface area contributed by atoms with Crippen molar-refractivity contribution in [1.82, 2.24) is 0 Å². The zero-order valence-corrected chi connectivity index (χ0v) is 7.67. The Morgan fingerprint density at radius 2 is 1.93 bits per heavy atom. The molecular weight excluding hydrogens is 190 g/mol. The molecule has 0 radical (unpaired) electrons. The summed E-state index contributed by atoms with van der Waals surface area (Å²) in [6.07, 6.45) is -0.372. The molecule has 0 aromatic heterocycles. The van der Waals surface area contributed by atoms with Crippen molar-refractivity contribution in [2.75, 3.05) is 6.61 Å². The third-order valence-electron chi connectivity index (χ3n) is 1.70. The van der Waals surface area contributed by atoms with Crippen molar-refractivity contribution in [1.29, 1.82) is 0 Å². The van der Waals surface area contributed by atoms with Crippen molar-refractivity contribution in [3.63, 3.8) is 0 Å². The summed E-state index contributed by atoms with van der Waals surface area (Å²) in [7, 11) is 0. The van der Waals surface area contributed by atoms with Crippen LogP contribution in [0.25, 0.3) is 0 Å². The van der Waals surface area contributed by atoms with Crippen molar-refractivity contribution in [3.05, 3.63) is 29.8 Å². The van der Waals surface area contributed by atoms with Gasteiger partial charge in [-0.25, -0.2) is 0 Å². The average Bonchev–Trinajstić information content (AvgIpc) is 2.19. The first-order chi connectivity index (χ1) is 6.60. The first-order valence-electron chi connectivity index (χ1n) is 4.17. The van der Waals surface area contributed by atoms with E-state index in [0.717, 1.165) is 0 Å². The fourth-order valence-corrected chi connectivity index (χ4v) is 1.01. The number of ether oxygens (including phenoxy) is 1. The van der Waals surface area contributed by atoms with Gasteiger partial charge in [0.2, 0.25) is 0 Å². The van der Waals surface area contributed by atoms with Gasteiger partial charge in [0.1, 0.15) is 5.75 Å². The maximum absolute atomic E-state index is 12.8. The van der Waals surface area contributed by atoms with Crippen molar-refractivity contribution >= 4 is 6.29 Å². The Hall–Kier alpha value is -1.45. The quantitative estimate of drug-likeness (QED) is 0.697. The number of carbonyl (C=O) groups excluding carboxylic acids is 1. The average molecular weight is 200 g/mol. The molecule has 0 heterocycles. The third kappa shape index (κ3) is 2.28. The van der Waals surface area contributed by atoms with Gasteiger partial charge >= 0.3 is 5.92 Å². The standard InChI is InChI=1S/C10H10F2O2/c1-2-14-9-5-3-8(4-6-9)10(11,12)7-13/h3-7H,2H2,1H3. The minimum atomic E-state index is -3.41. The molecule has 1 aromatic carbocycles. The van der Waals surface area contributed by atoms with Crippen LogP contribution >= 0.6 is 0 Å². The second kappa shape index (κ2) is 4.17. The molecule has 14 heavy (non-hydrogen) atoms. The molecule has 0 fully saturated rings. The molecule has 0 aliphatic carbocycles. The summed E-state index contributed by atoms with van der Waals surface area (Å²) >= 11 is 0. The minimum Gasteiger partial charge on any atom is -0.494 e. The molecule has 0 unspecified atom stereocenters. The van der Waals surface area contributed by atoms with Crippen LogP contribution in [0.5, 0.6) is 5.75 Å². The lowest BCUT2D eigenvalue weighted by Crippen LogP contribution is -2.14. The van der Waals surface area contributed by atoms with Gasteiger partial charge in [-0.1, -0.05) is 0 Å². The van der Waals surface area contributed by atoms with E-state index < -0.39 is 5.92 Å². The van der Waals surface area contributed by atoms with Gasteiger partial charge in [-0.05, 0) is 31.2 Å². The molecule has 2 nitrogen and oxygen atoms in total. The highest BCUT2D eigenvalue weighted by Crippen LogP contribution is 2.26. The summed E-state index contributed by atoms with van der Waals surface area (Å²) in [5, 5.41) is 0. The SMILES string of the molecule is CCOc1ccc(C(F)(F)C=O)cc1. The summed E-state index contributed by atoms with van der Waals surface area (Å²) in [6, 6.07) is 5.19. The summed E-state index contributed by atoms with van der Waals surface area (Å²) < 4.78 is 30.7. The first-order valence-corrected chi connectivity index (χ1v) is 4.17. The lowest BCUT2D eigenvalue weighted by Gasteiger charge is -2.09. The van der Waals surface area contributed by atoms with E-state index in [1.165, 1.54) is 24.3 Å². The molecule has 0 saturated carbocycles. The molecule has 1 aromatic rings. The topological polar surface area (TPSA) is 26.3 Å². The van der Waals surface area contributed by atoms with Gasteiger partial charge in [0.05, 0.1) is 6.61 Å². The molecule has 0 saturated heterocycles. The van der Waals surface area contributed by atoms with Crippen LogP contribution in [-0.4, -0.2) is 12.9 Å². The fourth-order valence-electron chi connectivity index (χ4n) is 1.01. The van der Waals surface area contributed by atoms with E-state index in [2.05, 4.69) is 0 Å². The molecule has 0 bridgehead atoms. The number of alkyl halides is 2. The summed E-state index contributed by atoms with van der Waals surface area (Å²) in [6.45, 7) is 2.28. The second-order valence-electron chi connectivity index (χ2n) is 2.70. The summed E-state index contributed by atoms with van der Waals surface area (Å²) in [5.74, 6) is -2.90. The van der Waals surface area contributed by atoms with Crippen molar-refractivity contribution in [3.8, 4) is 5.75 Å². The van der Waals surface area contributed by atoms with Crippen LogP contribution in [0.1, 0.15) is 12.5 Å². The first kappa shape index (κ1) is 10.6. The second-order valence-corrected chi connectivity index (χ2v) is 2.70. The zero-order chi connectivity index (χ0) is 10.6. The number of rotatable bonds is 4. The van der Waals surface area contributed by atoms with E-state index >= 15 is 0 Å². The van der Waals surface area contributed by atoms with Crippen molar-refractivity contribution in [2.24, 2.45) is 0 Å². The van der Waals surface area contributed by atoms with Crippen LogP contribution in [0.15, 0.2) is 24.3 Å². The normalized spacial score (nSPS) is 11.1. The maximum Gasteiger partial charge on any atom is 0.327 e. The van der Waals surface area contributed by atoms with Crippen LogP contribution in [0, 0.1) is 0 Å². The predicted octanol–water partition coefficient (Wildman–Crippen LogP) is 2.38. The number of hydrogen-bond donors (Lipinski definition) is 0. The lowest BCUT2D eigenvalue weighted by atomic mass is 10.1. The third-order valence-corrected chi connectivity index (χ3v) is 1.70. The molecular formula is C10H10F2O2. The number of carbonyl (C=O) groups is 1. The Morgan fingerprint density at radius 3 is 2.36 bits per heavy atom. The highest BCUT2D eigenvalue weighted by atomic mass is 19.3.